The third-order valence-corrected chi connectivity index (χ3v) is 3.51. The molecule has 0 bridgehead atoms. The molecule has 0 saturated carbocycles. The van der Waals surface area contributed by atoms with Crippen molar-refractivity contribution in [3.8, 4) is 0 Å². The van der Waals surface area contributed by atoms with Crippen molar-refractivity contribution in [3.63, 3.8) is 0 Å². The average molecular weight is 269 g/mol. The third kappa shape index (κ3) is 2.20. The van der Waals surface area contributed by atoms with Crippen LogP contribution in [-0.2, 0) is 6.18 Å². The van der Waals surface area contributed by atoms with Gasteiger partial charge in [-0.15, -0.1) is 0 Å². The number of H-pyrrole nitrogens is 1. The maximum atomic E-state index is 12.8. The first-order chi connectivity index (χ1) is 8.95. The van der Waals surface area contributed by atoms with Crippen molar-refractivity contribution < 1.29 is 13.2 Å². The molecule has 1 atom stereocenters. The molecule has 0 aliphatic carbocycles. The second-order valence-electron chi connectivity index (χ2n) is 4.96. The molecule has 1 saturated heterocycles. The normalized spacial score (nSPS) is 20.3. The molecule has 0 radical (unpaired) electrons. The Morgan fingerprint density at radius 2 is 2.11 bits per heavy atom. The fourth-order valence-electron chi connectivity index (χ4n) is 2.56. The van der Waals surface area contributed by atoms with Crippen molar-refractivity contribution in [2.75, 3.05) is 6.54 Å². The smallest absolute Gasteiger partial charge is 0.341 e. The number of aromatic nitrogens is 2. The minimum atomic E-state index is -4.32. The van der Waals surface area contributed by atoms with Gasteiger partial charge in [-0.2, -0.15) is 13.2 Å². The molecule has 102 valence electrons. The van der Waals surface area contributed by atoms with Crippen LogP contribution in [0.5, 0.6) is 0 Å². The summed E-state index contributed by atoms with van der Waals surface area (Å²) in [6, 6.07) is 2.41. The Hall–Kier alpha value is -1.56. The van der Waals surface area contributed by atoms with E-state index in [0.29, 0.717) is 16.6 Å². The van der Waals surface area contributed by atoms with E-state index >= 15 is 0 Å². The Morgan fingerprint density at radius 3 is 2.74 bits per heavy atom. The van der Waals surface area contributed by atoms with E-state index in [9.17, 15) is 13.2 Å². The second-order valence-corrected chi connectivity index (χ2v) is 4.96. The molecule has 2 heterocycles. The highest BCUT2D eigenvalue weighted by Gasteiger charge is 2.31. The van der Waals surface area contributed by atoms with Gasteiger partial charge in [0.1, 0.15) is 5.82 Å². The number of imidazole rings is 1. The van der Waals surface area contributed by atoms with E-state index in [0.717, 1.165) is 37.3 Å². The molecule has 0 amide bonds. The molecule has 0 spiro atoms. The van der Waals surface area contributed by atoms with Crippen LogP contribution in [0.25, 0.3) is 11.0 Å². The van der Waals surface area contributed by atoms with E-state index in [1.807, 2.05) is 0 Å². The number of rotatable bonds is 1. The van der Waals surface area contributed by atoms with Gasteiger partial charge >= 0.3 is 6.18 Å². The SMILES string of the molecule is Cc1cc(C(F)(F)F)cc2[nH]c([C@@H]3CCCN3)nc12. The van der Waals surface area contributed by atoms with Gasteiger partial charge in [0, 0.05) is 0 Å². The molecule has 1 fully saturated rings. The predicted molar refractivity (Wildman–Crippen MR) is 65.8 cm³/mol. The Labute approximate surface area is 108 Å². The van der Waals surface area contributed by atoms with E-state index in [1.54, 1.807) is 6.92 Å². The van der Waals surface area contributed by atoms with E-state index in [-0.39, 0.29) is 6.04 Å². The van der Waals surface area contributed by atoms with Gasteiger partial charge in [-0.25, -0.2) is 4.98 Å². The van der Waals surface area contributed by atoms with Crippen molar-refractivity contribution in [3.05, 3.63) is 29.1 Å². The second kappa shape index (κ2) is 4.23. The molecule has 3 rings (SSSR count). The molecule has 19 heavy (non-hydrogen) atoms. The van der Waals surface area contributed by atoms with Crippen LogP contribution in [0, 0.1) is 6.92 Å². The summed E-state index contributed by atoms with van der Waals surface area (Å²) in [5.41, 5.74) is 0.991. The number of fused-ring (bicyclic) bond motifs is 1. The number of aryl methyl sites for hydroxylation is 1. The van der Waals surface area contributed by atoms with Crippen molar-refractivity contribution in [1.29, 1.82) is 0 Å². The molecule has 1 aliphatic rings. The van der Waals surface area contributed by atoms with Crippen LogP contribution in [0.4, 0.5) is 13.2 Å². The Bertz CT molecular complexity index is 609. The lowest BCUT2D eigenvalue weighted by Gasteiger charge is -2.07. The number of benzene rings is 1. The molecule has 2 N–H and O–H groups in total. The van der Waals surface area contributed by atoms with Crippen molar-refractivity contribution in [1.82, 2.24) is 15.3 Å². The van der Waals surface area contributed by atoms with Gasteiger partial charge in [0.2, 0.25) is 0 Å². The van der Waals surface area contributed by atoms with Crippen LogP contribution >= 0.6 is 0 Å². The molecular weight excluding hydrogens is 255 g/mol. The van der Waals surface area contributed by atoms with Crippen LogP contribution < -0.4 is 5.32 Å². The molecule has 1 aliphatic heterocycles. The highest BCUT2D eigenvalue weighted by atomic mass is 19.4. The van der Waals surface area contributed by atoms with Crippen molar-refractivity contribution in [2.45, 2.75) is 32.0 Å². The van der Waals surface area contributed by atoms with Crippen LogP contribution in [0.1, 0.15) is 35.8 Å². The summed E-state index contributed by atoms with van der Waals surface area (Å²) < 4.78 is 38.3. The van der Waals surface area contributed by atoms with Crippen molar-refractivity contribution >= 4 is 11.0 Å². The van der Waals surface area contributed by atoms with Gasteiger partial charge < -0.3 is 10.3 Å². The van der Waals surface area contributed by atoms with E-state index in [1.165, 1.54) is 0 Å². The maximum absolute atomic E-state index is 12.8. The van der Waals surface area contributed by atoms with E-state index in [4.69, 9.17) is 0 Å². The highest BCUT2D eigenvalue weighted by molar-refractivity contribution is 5.79. The number of nitrogens with zero attached hydrogens (tertiary/aromatic N) is 1. The summed E-state index contributed by atoms with van der Waals surface area (Å²) in [6.45, 7) is 2.58. The van der Waals surface area contributed by atoms with Gasteiger partial charge in [-0.3, -0.25) is 0 Å². The minimum absolute atomic E-state index is 0.126. The third-order valence-electron chi connectivity index (χ3n) is 3.51. The van der Waals surface area contributed by atoms with Gasteiger partial charge in [0.25, 0.3) is 0 Å². The van der Waals surface area contributed by atoms with E-state index < -0.39 is 11.7 Å². The fraction of sp³-hybridized carbons (Fsp3) is 0.462. The first-order valence-electron chi connectivity index (χ1n) is 6.26. The molecule has 6 heteroatoms. The Kier molecular flexibility index (Phi) is 2.78. The van der Waals surface area contributed by atoms with Crippen LogP contribution in [0.2, 0.25) is 0 Å². The number of hydrogen-bond donors (Lipinski definition) is 2. The lowest BCUT2D eigenvalue weighted by Crippen LogP contribution is -2.14. The number of aromatic amines is 1. The molecule has 0 unspecified atom stereocenters. The zero-order valence-corrected chi connectivity index (χ0v) is 10.4. The summed E-state index contributed by atoms with van der Waals surface area (Å²) in [6.07, 6.45) is -2.30. The lowest BCUT2D eigenvalue weighted by atomic mass is 10.1. The van der Waals surface area contributed by atoms with E-state index in [2.05, 4.69) is 15.3 Å². The Balaban J connectivity index is 2.09. The maximum Gasteiger partial charge on any atom is 0.416 e. The monoisotopic (exact) mass is 269 g/mol. The summed E-state index contributed by atoms with van der Waals surface area (Å²) >= 11 is 0. The highest BCUT2D eigenvalue weighted by Crippen LogP contribution is 2.33. The molecule has 3 nitrogen and oxygen atoms in total. The van der Waals surface area contributed by atoms with Crippen LogP contribution in [0.3, 0.4) is 0 Å². The largest absolute Gasteiger partial charge is 0.416 e. The predicted octanol–water partition coefficient (Wildman–Crippen LogP) is 3.31. The topological polar surface area (TPSA) is 40.7 Å². The Morgan fingerprint density at radius 1 is 1.32 bits per heavy atom. The number of alkyl halides is 3. The van der Waals surface area contributed by atoms with Gasteiger partial charge in [-0.05, 0) is 44.0 Å². The van der Waals surface area contributed by atoms with Crippen LogP contribution in [-0.4, -0.2) is 16.5 Å². The van der Waals surface area contributed by atoms with Crippen molar-refractivity contribution in [2.24, 2.45) is 0 Å². The number of halogens is 3. The number of nitrogens with one attached hydrogen (secondary N) is 2. The lowest BCUT2D eigenvalue weighted by molar-refractivity contribution is -0.137. The van der Waals surface area contributed by atoms with Gasteiger partial charge in [-0.1, -0.05) is 0 Å². The summed E-state index contributed by atoms with van der Waals surface area (Å²) in [5, 5.41) is 3.28. The molecule has 2 aromatic rings. The first-order valence-corrected chi connectivity index (χ1v) is 6.26. The zero-order valence-electron chi connectivity index (χ0n) is 10.4. The first kappa shape index (κ1) is 12.5. The van der Waals surface area contributed by atoms with Gasteiger partial charge in [0.05, 0.1) is 22.6 Å². The summed E-state index contributed by atoms with van der Waals surface area (Å²) in [5.74, 6) is 0.731. The van der Waals surface area contributed by atoms with Crippen LogP contribution in [0.15, 0.2) is 12.1 Å². The summed E-state index contributed by atoms with van der Waals surface area (Å²) in [7, 11) is 0. The standard InChI is InChI=1S/C13H14F3N3/c1-7-5-8(13(14,15)16)6-10-11(7)19-12(18-10)9-3-2-4-17-9/h5-6,9,17H,2-4H2,1H3,(H,18,19)/t9-/m0/s1. The average Bonchev–Trinajstić information content (AvgIpc) is 2.95. The minimum Gasteiger partial charge on any atom is -0.341 e. The molecule has 1 aromatic carbocycles. The zero-order chi connectivity index (χ0) is 13.6. The fourth-order valence-corrected chi connectivity index (χ4v) is 2.56. The summed E-state index contributed by atoms with van der Waals surface area (Å²) in [4.78, 5) is 7.45. The quantitative estimate of drug-likeness (QED) is 0.833. The molecule has 1 aromatic heterocycles. The van der Waals surface area contributed by atoms with Gasteiger partial charge in [0.15, 0.2) is 0 Å². The number of hydrogen-bond acceptors (Lipinski definition) is 2. The molecular formula is C13H14F3N3.